The number of hydrogen-bond donors (Lipinski definition) is 3. The van der Waals surface area contributed by atoms with Crippen LogP contribution in [0.4, 0.5) is 5.69 Å². The number of amides is 2. The molecule has 162 valence electrons. The standard InChI is InChI=1S/C22H24N4O5/c1-2-26-18-8-7-16(31-13-14-3-5-15(6-4-14)21(23)24)11-17(18)22(30)25(12-19(26)27)10-9-20(28)29/h3-8,11H,2,9-10,12-13H2,1H3,(H3,23,24)(H,28,29). The Bertz CT molecular complexity index is 1020. The van der Waals surface area contributed by atoms with Crippen LogP contribution in [-0.4, -0.2) is 53.3 Å². The van der Waals surface area contributed by atoms with Crippen LogP contribution in [0, 0.1) is 5.41 Å². The third kappa shape index (κ3) is 5.00. The molecule has 0 bridgehead atoms. The zero-order valence-electron chi connectivity index (χ0n) is 17.1. The number of carbonyl (C=O) groups excluding carboxylic acids is 2. The molecular formula is C22H24N4O5. The number of ether oxygens (including phenoxy) is 1. The van der Waals surface area contributed by atoms with Gasteiger partial charge in [-0.25, -0.2) is 0 Å². The van der Waals surface area contributed by atoms with Crippen molar-refractivity contribution in [3.05, 3.63) is 59.2 Å². The molecule has 2 aromatic carbocycles. The number of anilines is 1. The maximum atomic E-state index is 13.1. The predicted octanol–water partition coefficient (Wildman–Crippen LogP) is 1.83. The van der Waals surface area contributed by atoms with E-state index < -0.39 is 11.9 Å². The van der Waals surface area contributed by atoms with Gasteiger partial charge in [0.05, 0.1) is 17.7 Å². The van der Waals surface area contributed by atoms with E-state index >= 15 is 0 Å². The summed E-state index contributed by atoms with van der Waals surface area (Å²) in [5.41, 5.74) is 7.71. The Labute approximate surface area is 179 Å². The van der Waals surface area contributed by atoms with Crippen LogP contribution >= 0.6 is 0 Å². The smallest absolute Gasteiger partial charge is 0.305 e. The van der Waals surface area contributed by atoms with Crippen molar-refractivity contribution in [1.29, 1.82) is 5.41 Å². The van der Waals surface area contributed by atoms with Crippen LogP contribution in [0.15, 0.2) is 42.5 Å². The number of amidine groups is 1. The van der Waals surface area contributed by atoms with Crippen LogP contribution in [0.1, 0.15) is 34.8 Å². The second-order valence-electron chi connectivity index (χ2n) is 7.09. The highest BCUT2D eigenvalue weighted by Gasteiger charge is 2.31. The van der Waals surface area contributed by atoms with E-state index in [0.717, 1.165) is 5.56 Å². The molecule has 0 aliphatic carbocycles. The average Bonchev–Trinajstić information content (AvgIpc) is 2.85. The highest BCUT2D eigenvalue weighted by molar-refractivity contribution is 6.09. The second kappa shape index (κ2) is 9.29. The van der Waals surface area contributed by atoms with Crippen molar-refractivity contribution in [1.82, 2.24) is 4.90 Å². The third-order valence-corrected chi connectivity index (χ3v) is 4.99. The molecule has 0 atom stereocenters. The first kappa shape index (κ1) is 21.8. The van der Waals surface area contributed by atoms with Gasteiger partial charge in [0.15, 0.2) is 0 Å². The van der Waals surface area contributed by atoms with E-state index in [-0.39, 0.29) is 37.9 Å². The summed E-state index contributed by atoms with van der Waals surface area (Å²) in [5.74, 6) is -1.27. The molecule has 0 radical (unpaired) electrons. The Hall–Kier alpha value is -3.88. The summed E-state index contributed by atoms with van der Waals surface area (Å²) in [7, 11) is 0. The molecule has 3 rings (SSSR count). The van der Waals surface area contributed by atoms with Gasteiger partial charge in [-0.2, -0.15) is 0 Å². The van der Waals surface area contributed by atoms with Crippen molar-refractivity contribution < 1.29 is 24.2 Å². The van der Waals surface area contributed by atoms with Gasteiger partial charge in [-0.1, -0.05) is 24.3 Å². The average molecular weight is 424 g/mol. The largest absolute Gasteiger partial charge is 0.489 e. The molecule has 1 aliphatic rings. The van der Waals surface area contributed by atoms with Crippen LogP contribution in [0.3, 0.4) is 0 Å². The van der Waals surface area contributed by atoms with Gasteiger partial charge in [0.25, 0.3) is 5.91 Å². The maximum Gasteiger partial charge on any atom is 0.305 e. The molecule has 9 nitrogen and oxygen atoms in total. The molecule has 9 heteroatoms. The van der Waals surface area contributed by atoms with Crippen LogP contribution < -0.4 is 15.4 Å². The highest BCUT2D eigenvalue weighted by Crippen LogP contribution is 2.30. The second-order valence-corrected chi connectivity index (χ2v) is 7.09. The lowest BCUT2D eigenvalue weighted by molar-refractivity contribution is -0.137. The summed E-state index contributed by atoms with van der Waals surface area (Å²) in [5, 5.41) is 16.4. The number of benzene rings is 2. The lowest BCUT2D eigenvalue weighted by atomic mass is 10.1. The molecule has 0 unspecified atom stereocenters. The molecule has 1 heterocycles. The minimum atomic E-state index is -1.04. The van der Waals surface area contributed by atoms with E-state index in [2.05, 4.69) is 0 Å². The zero-order valence-corrected chi connectivity index (χ0v) is 17.1. The number of rotatable bonds is 8. The van der Waals surface area contributed by atoms with Crippen molar-refractivity contribution in [2.45, 2.75) is 20.0 Å². The molecule has 31 heavy (non-hydrogen) atoms. The van der Waals surface area contributed by atoms with Crippen LogP contribution in [-0.2, 0) is 16.2 Å². The Kier molecular flexibility index (Phi) is 6.54. The highest BCUT2D eigenvalue weighted by atomic mass is 16.5. The number of carboxylic acids is 1. The minimum Gasteiger partial charge on any atom is -0.489 e. The van der Waals surface area contributed by atoms with Gasteiger partial charge in [0, 0.05) is 18.7 Å². The summed E-state index contributed by atoms with van der Waals surface area (Å²) in [6.45, 7) is 2.21. The molecule has 2 aromatic rings. The van der Waals surface area contributed by atoms with Crippen LogP contribution in [0.5, 0.6) is 5.75 Å². The molecule has 0 saturated carbocycles. The number of likely N-dealkylation sites (N-methyl/N-ethyl adjacent to an activating group) is 1. The van der Waals surface area contributed by atoms with Gasteiger partial charge in [-0.15, -0.1) is 0 Å². The zero-order chi connectivity index (χ0) is 22.5. The van der Waals surface area contributed by atoms with Crippen molar-refractivity contribution in [3.8, 4) is 5.75 Å². The third-order valence-electron chi connectivity index (χ3n) is 4.99. The molecule has 0 fully saturated rings. The van der Waals surface area contributed by atoms with E-state index in [4.69, 9.17) is 21.0 Å². The van der Waals surface area contributed by atoms with Crippen LogP contribution in [0.25, 0.3) is 0 Å². The molecule has 0 spiro atoms. The Morgan fingerprint density at radius 2 is 1.90 bits per heavy atom. The van der Waals surface area contributed by atoms with E-state index in [1.165, 1.54) is 9.80 Å². The van der Waals surface area contributed by atoms with Crippen molar-refractivity contribution >= 4 is 29.3 Å². The van der Waals surface area contributed by atoms with Crippen molar-refractivity contribution in [2.75, 3.05) is 24.5 Å². The van der Waals surface area contributed by atoms with E-state index in [0.29, 0.717) is 29.1 Å². The topological polar surface area (TPSA) is 137 Å². The quantitative estimate of drug-likeness (QED) is 0.437. The Morgan fingerprint density at radius 1 is 1.19 bits per heavy atom. The van der Waals surface area contributed by atoms with Gasteiger partial charge < -0.3 is 25.4 Å². The van der Waals surface area contributed by atoms with Gasteiger partial charge in [0.2, 0.25) is 5.91 Å². The van der Waals surface area contributed by atoms with Crippen LogP contribution in [0.2, 0.25) is 0 Å². The monoisotopic (exact) mass is 424 g/mol. The van der Waals surface area contributed by atoms with Gasteiger partial charge in [-0.3, -0.25) is 19.8 Å². The number of carboxylic acid groups (broad SMARTS) is 1. The van der Waals surface area contributed by atoms with Gasteiger partial charge in [0.1, 0.15) is 24.7 Å². The molecule has 1 aliphatic heterocycles. The molecular weight excluding hydrogens is 400 g/mol. The lowest BCUT2D eigenvalue weighted by Gasteiger charge is -2.21. The number of carbonyl (C=O) groups is 3. The fraction of sp³-hybridized carbons (Fsp3) is 0.273. The van der Waals surface area contributed by atoms with Crippen molar-refractivity contribution in [2.24, 2.45) is 5.73 Å². The maximum absolute atomic E-state index is 13.1. The first-order valence-corrected chi connectivity index (χ1v) is 9.81. The number of nitrogens with two attached hydrogens (primary N) is 1. The predicted molar refractivity (Wildman–Crippen MR) is 114 cm³/mol. The first-order valence-electron chi connectivity index (χ1n) is 9.81. The summed E-state index contributed by atoms with van der Waals surface area (Å²) >= 11 is 0. The number of aliphatic carboxylic acids is 1. The minimum absolute atomic E-state index is 0.0146. The normalized spacial score (nSPS) is 13.6. The van der Waals surface area contributed by atoms with E-state index in [1.807, 2.05) is 6.92 Å². The summed E-state index contributed by atoms with van der Waals surface area (Å²) < 4.78 is 5.82. The number of nitrogen functional groups attached to an aromatic ring is 1. The van der Waals surface area contributed by atoms with E-state index in [1.54, 1.807) is 42.5 Å². The molecule has 0 aromatic heterocycles. The van der Waals surface area contributed by atoms with Gasteiger partial charge in [-0.05, 0) is 30.7 Å². The fourth-order valence-electron chi connectivity index (χ4n) is 3.34. The number of hydrogen-bond acceptors (Lipinski definition) is 5. The molecule has 0 saturated heterocycles. The number of nitrogens with zero attached hydrogens (tertiary/aromatic N) is 2. The SMILES string of the molecule is CCN1C(=O)CN(CCC(=O)O)C(=O)c2cc(OCc3ccc(C(=N)N)cc3)ccc21. The van der Waals surface area contributed by atoms with E-state index in [9.17, 15) is 14.4 Å². The number of nitrogens with one attached hydrogen (secondary N) is 1. The summed E-state index contributed by atoms with van der Waals surface area (Å²) in [4.78, 5) is 39.4. The lowest BCUT2D eigenvalue weighted by Crippen LogP contribution is -2.40. The number of fused-ring (bicyclic) bond motifs is 1. The first-order chi connectivity index (χ1) is 14.8. The van der Waals surface area contributed by atoms with Crippen molar-refractivity contribution in [3.63, 3.8) is 0 Å². The fourth-order valence-corrected chi connectivity index (χ4v) is 3.34. The van der Waals surface area contributed by atoms with Gasteiger partial charge >= 0.3 is 5.97 Å². The molecule has 4 N–H and O–H groups in total. The summed E-state index contributed by atoms with van der Waals surface area (Å²) in [6.07, 6.45) is -0.243. The molecule has 2 amide bonds. The Balaban J connectivity index is 1.83. The Morgan fingerprint density at radius 3 is 2.52 bits per heavy atom. The summed E-state index contributed by atoms with van der Waals surface area (Å²) in [6, 6.07) is 12.0.